The topological polar surface area (TPSA) is 83.9 Å². The maximum absolute atomic E-state index is 12.3. The summed E-state index contributed by atoms with van der Waals surface area (Å²) >= 11 is 0. The lowest BCUT2D eigenvalue weighted by molar-refractivity contribution is 0.0292. The van der Waals surface area contributed by atoms with Crippen molar-refractivity contribution >= 4 is 16.2 Å². The molecule has 1 aliphatic rings. The zero-order valence-electron chi connectivity index (χ0n) is 15.5. The summed E-state index contributed by atoms with van der Waals surface area (Å²) in [4.78, 5) is 13.9. The predicted molar refractivity (Wildman–Crippen MR) is 95.5 cm³/mol. The fourth-order valence-electron chi connectivity index (χ4n) is 3.42. The third kappa shape index (κ3) is 4.52. The summed E-state index contributed by atoms with van der Waals surface area (Å²) in [5.41, 5.74) is 1.98. The quantitative estimate of drug-likeness (QED) is 0.824. The molecule has 1 atom stereocenters. The molecule has 1 amide bonds. The van der Waals surface area contributed by atoms with Gasteiger partial charge < -0.3 is 9.64 Å². The van der Waals surface area contributed by atoms with Crippen LogP contribution in [-0.4, -0.2) is 42.7 Å². The normalized spacial score (nSPS) is 18.5. The molecule has 1 saturated heterocycles. The van der Waals surface area contributed by atoms with E-state index in [-0.39, 0.29) is 16.9 Å². The Labute approximate surface area is 149 Å². The number of likely N-dealkylation sites (tertiary alicyclic amines) is 1. The van der Waals surface area contributed by atoms with Crippen LogP contribution >= 0.6 is 0 Å². The van der Waals surface area contributed by atoms with Crippen LogP contribution in [0.25, 0.3) is 0 Å². The molecule has 1 N–H and O–H groups in total. The van der Waals surface area contributed by atoms with Gasteiger partial charge in [-0.15, -0.1) is 0 Å². The molecule has 0 unspecified atom stereocenters. The van der Waals surface area contributed by atoms with E-state index in [0.717, 1.165) is 17.5 Å². The summed E-state index contributed by atoms with van der Waals surface area (Å²) < 4.78 is 38.3. The molecular weight excluding hydrogens is 342 g/mol. The molecule has 0 bridgehead atoms. The van der Waals surface area contributed by atoms with Gasteiger partial charge in [-0.1, -0.05) is 13.0 Å². The van der Waals surface area contributed by atoms with Crippen molar-refractivity contribution < 1.29 is 22.5 Å². The highest BCUT2D eigenvalue weighted by Crippen LogP contribution is 2.35. The second kappa shape index (κ2) is 6.96. The second-order valence-corrected chi connectivity index (χ2v) is 8.90. The Kier molecular flexibility index (Phi) is 5.49. The van der Waals surface area contributed by atoms with E-state index in [9.17, 15) is 17.8 Å². The Morgan fingerprint density at radius 2 is 2.00 bits per heavy atom. The zero-order valence-corrected chi connectivity index (χ0v) is 16.3. The van der Waals surface area contributed by atoms with Crippen molar-refractivity contribution in [1.82, 2.24) is 4.90 Å². The Hall–Kier alpha value is -1.60. The van der Waals surface area contributed by atoms with Crippen molar-refractivity contribution in [3.05, 3.63) is 28.8 Å². The summed E-state index contributed by atoms with van der Waals surface area (Å²) in [7, 11) is -4.27. The molecule has 1 fully saturated rings. The molecule has 140 valence electrons. The van der Waals surface area contributed by atoms with Gasteiger partial charge in [0.25, 0.3) is 10.1 Å². The first-order valence-electron chi connectivity index (χ1n) is 8.51. The third-order valence-corrected chi connectivity index (χ3v) is 5.35. The summed E-state index contributed by atoms with van der Waals surface area (Å²) in [6.45, 7) is 10.3. The van der Waals surface area contributed by atoms with Crippen LogP contribution in [0.2, 0.25) is 0 Å². The molecule has 0 saturated carbocycles. The predicted octanol–water partition coefficient (Wildman–Crippen LogP) is 3.53. The van der Waals surface area contributed by atoms with E-state index in [0.29, 0.717) is 25.1 Å². The summed E-state index contributed by atoms with van der Waals surface area (Å²) in [6.07, 6.45) is 0.883. The number of benzene rings is 1. The van der Waals surface area contributed by atoms with Crippen LogP contribution in [0.1, 0.15) is 56.7 Å². The molecule has 1 aromatic carbocycles. The Morgan fingerprint density at radius 3 is 2.52 bits per heavy atom. The Morgan fingerprint density at radius 1 is 1.36 bits per heavy atom. The van der Waals surface area contributed by atoms with Crippen LogP contribution < -0.4 is 0 Å². The standard InChI is InChI=1S/C18H27NO5S/c1-6-14-15(25(21,22)23)8-7-12(2)16(14)13-9-10-19(11-13)17(20)24-18(3,4)5/h7-8,13H,6,9-11H2,1-5H3,(H,21,22,23)/t13-/m0/s1. The highest BCUT2D eigenvalue weighted by Gasteiger charge is 2.33. The molecule has 1 heterocycles. The first-order chi connectivity index (χ1) is 11.4. The van der Waals surface area contributed by atoms with Crippen LogP contribution in [0, 0.1) is 6.92 Å². The number of carbonyl (C=O) groups is 1. The zero-order chi connectivity index (χ0) is 19.0. The van der Waals surface area contributed by atoms with Gasteiger partial charge in [0.05, 0.1) is 4.90 Å². The minimum atomic E-state index is -4.27. The van der Waals surface area contributed by atoms with Gasteiger partial charge in [0, 0.05) is 19.0 Å². The summed E-state index contributed by atoms with van der Waals surface area (Å²) in [5.74, 6) is 0.0316. The van der Waals surface area contributed by atoms with E-state index in [4.69, 9.17) is 4.74 Å². The lowest BCUT2D eigenvalue weighted by Crippen LogP contribution is -2.35. The molecule has 0 aliphatic carbocycles. The van der Waals surface area contributed by atoms with Gasteiger partial charge in [-0.2, -0.15) is 8.42 Å². The SMILES string of the molecule is CCc1c(S(=O)(=O)O)ccc(C)c1[C@H]1CCN(C(=O)OC(C)(C)C)C1. The van der Waals surface area contributed by atoms with E-state index in [1.54, 1.807) is 11.0 Å². The minimum absolute atomic E-state index is 0.0316. The van der Waals surface area contributed by atoms with E-state index in [1.807, 2.05) is 34.6 Å². The fraction of sp³-hybridized carbons (Fsp3) is 0.611. The molecule has 25 heavy (non-hydrogen) atoms. The van der Waals surface area contributed by atoms with Gasteiger partial charge >= 0.3 is 6.09 Å². The smallest absolute Gasteiger partial charge is 0.410 e. The first-order valence-corrected chi connectivity index (χ1v) is 9.96. The lowest BCUT2D eigenvalue weighted by atomic mass is 9.88. The summed E-state index contributed by atoms with van der Waals surface area (Å²) in [6, 6.07) is 3.17. The number of hydrogen-bond acceptors (Lipinski definition) is 4. The molecule has 0 spiro atoms. The number of amides is 1. The van der Waals surface area contributed by atoms with Crippen molar-refractivity contribution in [3.8, 4) is 0 Å². The van der Waals surface area contributed by atoms with Crippen molar-refractivity contribution in [2.24, 2.45) is 0 Å². The average Bonchev–Trinajstić information content (AvgIpc) is 2.93. The van der Waals surface area contributed by atoms with Crippen molar-refractivity contribution in [3.63, 3.8) is 0 Å². The van der Waals surface area contributed by atoms with Gasteiger partial charge in [0.15, 0.2) is 0 Å². The number of carbonyl (C=O) groups excluding carboxylic acids is 1. The van der Waals surface area contributed by atoms with Crippen molar-refractivity contribution in [2.45, 2.75) is 63.9 Å². The van der Waals surface area contributed by atoms with E-state index >= 15 is 0 Å². The largest absolute Gasteiger partial charge is 0.444 e. The molecular formula is C18H27NO5S. The van der Waals surface area contributed by atoms with Gasteiger partial charge in [-0.3, -0.25) is 4.55 Å². The number of hydrogen-bond donors (Lipinski definition) is 1. The average molecular weight is 369 g/mol. The highest BCUT2D eigenvalue weighted by atomic mass is 32.2. The molecule has 1 aromatic rings. The molecule has 0 radical (unpaired) electrons. The number of rotatable bonds is 3. The third-order valence-electron chi connectivity index (χ3n) is 4.41. The van der Waals surface area contributed by atoms with E-state index in [2.05, 4.69) is 0 Å². The van der Waals surface area contributed by atoms with Crippen molar-refractivity contribution in [1.29, 1.82) is 0 Å². The van der Waals surface area contributed by atoms with Crippen molar-refractivity contribution in [2.75, 3.05) is 13.1 Å². The maximum Gasteiger partial charge on any atom is 0.410 e. The van der Waals surface area contributed by atoms with Gasteiger partial charge in [-0.05, 0) is 63.3 Å². The first kappa shape index (κ1) is 19.7. The Bertz CT molecular complexity index is 764. The van der Waals surface area contributed by atoms with Gasteiger partial charge in [0.2, 0.25) is 0 Å². The van der Waals surface area contributed by atoms with E-state index < -0.39 is 15.7 Å². The van der Waals surface area contributed by atoms with Crippen LogP contribution in [0.15, 0.2) is 17.0 Å². The van der Waals surface area contributed by atoms with E-state index in [1.165, 1.54) is 6.07 Å². The molecule has 1 aliphatic heterocycles. The Balaban J connectivity index is 2.33. The molecule has 2 rings (SSSR count). The lowest BCUT2D eigenvalue weighted by Gasteiger charge is -2.25. The van der Waals surface area contributed by atoms with Crippen LogP contribution in [-0.2, 0) is 21.3 Å². The number of aryl methyl sites for hydroxylation is 1. The number of ether oxygens (including phenoxy) is 1. The number of nitrogens with zero attached hydrogens (tertiary/aromatic N) is 1. The van der Waals surface area contributed by atoms with Crippen LogP contribution in [0.3, 0.4) is 0 Å². The monoisotopic (exact) mass is 369 g/mol. The second-order valence-electron chi connectivity index (χ2n) is 7.51. The molecule has 7 heteroatoms. The van der Waals surface area contributed by atoms with Gasteiger partial charge in [-0.25, -0.2) is 4.79 Å². The molecule has 6 nitrogen and oxygen atoms in total. The fourth-order valence-corrected chi connectivity index (χ4v) is 4.23. The molecule has 0 aromatic heterocycles. The highest BCUT2D eigenvalue weighted by molar-refractivity contribution is 7.85. The minimum Gasteiger partial charge on any atom is -0.444 e. The van der Waals surface area contributed by atoms with Gasteiger partial charge in [0.1, 0.15) is 5.60 Å². The van der Waals surface area contributed by atoms with Crippen LogP contribution in [0.5, 0.6) is 0 Å². The van der Waals surface area contributed by atoms with Crippen LogP contribution in [0.4, 0.5) is 4.79 Å². The maximum atomic E-state index is 12.3. The summed E-state index contributed by atoms with van der Waals surface area (Å²) in [5, 5.41) is 0.